The second-order valence-electron chi connectivity index (χ2n) is 14.8. The van der Waals surface area contributed by atoms with Crippen LogP contribution in [0.25, 0.3) is 16.0 Å². The predicted molar refractivity (Wildman–Crippen MR) is 215 cm³/mol. The number of carbonyl (C=O) groups is 1. The first-order chi connectivity index (χ1) is 27.3. The van der Waals surface area contributed by atoms with Gasteiger partial charge in [0.1, 0.15) is 36.1 Å². The molecule has 290 valence electrons. The summed E-state index contributed by atoms with van der Waals surface area (Å²) >= 11 is 6.93. The maximum Gasteiger partial charge on any atom is 0.237 e. The quantitative estimate of drug-likeness (QED) is 0.0975. The Morgan fingerprint density at radius 3 is 2.64 bits per heavy atom. The molecule has 0 aromatic heterocycles. The molecule has 56 heavy (non-hydrogen) atoms. The fourth-order valence-electron chi connectivity index (χ4n) is 7.99. The zero-order chi connectivity index (χ0) is 39.0. The Labute approximate surface area is 333 Å². The molecule has 2 saturated heterocycles. The molecular weight excluding hydrogens is 729 g/mol. The molecule has 0 unspecified atom stereocenters. The number of nitriles is 1. The van der Waals surface area contributed by atoms with Crippen molar-refractivity contribution in [2.75, 3.05) is 32.8 Å². The maximum absolute atomic E-state index is 13.5. The second kappa shape index (κ2) is 18.2. The zero-order valence-electron chi connectivity index (χ0n) is 31.7. The number of carbonyl (C=O) groups excluding carboxylic acids is 1. The summed E-state index contributed by atoms with van der Waals surface area (Å²) in [5.74, 6) is 1.86. The summed E-state index contributed by atoms with van der Waals surface area (Å²) in [4.78, 5) is 18.3. The molecular formula is C45H47ClFN5O4. The molecule has 11 heteroatoms. The van der Waals surface area contributed by atoms with Crippen LogP contribution in [0.1, 0.15) is 78.0 Å². The van der Waals surface area contributed by atoms with Gasteiger partial charge in [-0.3, -0.25) is 4.79 Å². The molecule has 2 atom stereocenters. The summed E-state index contributed by atoms with van der Waals surface area (Å²) in [6, 6.07) is 23.0. The number of likely N-dealkylation sites (tertiary alicyclic amines) is 1. The van der Waals surface area contributed by atoms with E-state index in [1.54, 1.807) is 24.3 Å². The highest BCUT2D eigenvalue weighted by atomic mass is 35.5. The van der Waals surface area contributed by atoms with E-state index in [4.69, 9.17) is 32.4 Å². The molecule has 0 spiro atoms. The van der Waals surface area contributed by atoms with Gasteiger partial charge >= 0.3 is 0 Å². The van der Waals surface area contributed by atoms with E-state index in [9.17, 15) is 14.4 Å². The molecule has 0 bridgehead atoms. The van der Waals surface area contributed by atoms with Crippen molar-refractivity contribution >= 4 is 23.2 Å². The number of amides is 1. The van der Waals surface area contributed by atoms with Crippen molar-refractivity contribution in [1.29, 1.82) is 5.26 Å². The van der Waals surface area contributed by atoms with Crippen LogP contribution in [0.15, 0.2) is 66.7 Å². The summed E-state index contributed by atoms with van der Waals surface area (Å²) < 4.78 is 32.9. The first-order valence-electron chi connectivity index (χ1n) is 19.5. The number of hydrogen-bond donors (Lipinski definition) is 2. The van der Waals surface area contributed by atoms with Crippen molar-refractivity contribution < 1.29 is 23.4 Å². The number of hydrogen-bond acceptors (Lipinski definition) is 7. The number of nitrogens with zero attached hydrogens (tertiary/aromatic N) is 3. The third-order valence-corrected chi connectivity index (χ3v) is 11.3. The monoisotopic (exact) mass is 775 g/mol. The largest absolute Gasteiger partial charge is 0.493 e. The number of rotatable bonds is 14. The SMILES string of the molecule is [C-]#[N+]c1cc(C#N)cc(COc2cc(O[C@H]3CCc4c(-c5cccc(OCCCN6CCC(F)CC6)c5C)cccc43)c(Cl)cc2CN[C@H]2CCCNC2=O)c1. The minimum Gasteiger partial charge on any atom is -0.493 e. The number of ether oxygens (including phenoxy) is 3. The van der Waals surface area contributed by atoms with Gasteiger partial charge in [0.25, 0.3) is 0 Å². The van der Waals surface area contributed by atoms with E-state index in [1.807, 2.05) is 18.2 Å². The smallest absolute Gasteiger partial charge is 0.237 e. The number of nitrogens with one attached hydrogen (secondary N) is 2. The van der Waals surface area contributed by atoms with Gasteiger partial charge in [-0.25, -0.2) is 9.24 Å². The van der Waals surface area contributed by atoms with E-state index in [0.29, 0.717) is 65.9 Å². The Balaban J connectivity index is 1.08. The average molecular weight is 776 g/mol. The lowest BCUT2D eigenvalue weighted by atomic mass is 9.93. The summed E-state index contributed by atoms with van der Waals surface area (Å²) in [5, 5.41) is 16.2. The average Bonchev–Trinajstić information content (AvgIpc) is 3.63. The van der Waals surface area contributed by atoms with E-state index in [2.05, 4.69) is 57.6 Å². The minimum absolute atomic E-state index is 0.0268. The van der Waals surface area contributed by atoms with Gasteiger partial charge in [0, 0.05) is 49.9 Å². The van der Waals surface area contributed by atoms with Crippen molar-refractivity contribution in [3.8, 4) is 34.4 Å². The molecule has 0 radical (unpaired) electrons. The molecule has 3 aliphatic rings. The van der Waals surface area contributed by atoms with Crippen molar-refractivity contribution in [2.45, 2.75) is 83.3 Å². The summed E-state index contributed by atoms with van der Waals surface area (Å²) in [5.41, 5.74) is 7.93. The van der Waals surface area contributed by atoms with Crippen LogP contribution in [-0.4, -0.2) is 55.8 Å². The Hall–Kier alpha value is -5.13. The van der Waals surface area contributed by atoms with E-state index in [-0.39, 0.29) is 24.7 Å². The molecule has 2 N–H and O–H groups in total. The molecule has 0 saturated carbocycles. The van der Waals surface area contributed by atoms with Gasteiger partial charge in [-0.1, -0.05) is 41.9 Å². The van der Waals surface area contributed by atoms with Crippen LogP contribution in [0.2, 0.25) is 5.02 Å². The topological polar surface area (TPSA) is 100 Å². The Morgan fingerprint density at radius 2 is 1.84 bits per heavy atom. The van der Waals surface area contributed by atoms with E-state index in [1.165, 1.54) is 5.56 Å². The lowest BCUT2D eigenvalue weighted by Gasteiger charge is -2.28. The molecule has 9 nitrogen and oxygen atoms in total. The maximum atomic E-state index is 13.5. The van der Waals surface area contributed by atoms with Crippen molar-refractivity contribution in [3.63, 3.8) is 0 Å². The highest BCUT2D eigenvalue weighted by Crippen LogP contribution is 2.44. The number of alkyl halides is 1. The molecule has 2 fully saturated rings. The number of fused-ring (bicyclic) bond motifs is 1. The molecule has 1 aliphatic carbocycles. The number of halogens is 2. The first kappa shape index (κ1) is 39.1. The lowest BCUT2D eigenvalue weighted by Crippen LogP contribution is -2.47. The Morgan fingerprint density at radius 1 is 1.02 bits per heavy atom. The van der Waals surface area contributed by atoms with Crippen molar-refractivity contribution in [3.05, 3.63) is 117 Å². The van der Waals surface area contributed by atoms with Gasteiger partial charge in [-0.05, 0) is 116 Å². The molecule has 4 aromatic carbocycles. The van der Waals surface area contributed by atoms with Crippen LogP contribution in [0.4, 0.5) is 10.1 Å². The van der Waals surface area contributed by atoms with Crippen LogP contribution in [-0.2, 0) is 24.4 Å². The summed E-state index contributed by atoms with van der Waals surface area (Å²) in [6.07, 6.45) is 4.48. The lowest BCUT2D eigenvalue weighted by molar-refractivity contribution is -0.124. The second-order valence-corrected chi connectivity index (χ2v) is 15.2. The molecule has 1 amide bonds. The molecule has 2 heterocycles. The standard InChI is InChI=1S/C45H47ClFN5O4/c1-29-35(7-4-11-41(29)54-20-6-17-52-18-14-33(47)15-19-52)36-8-3-9-38-37(36)12-13-42(38)56-44-25-43(55-28-31-21-30(26-48)22-34(23-31)49-2)32(24-39(44)46)27-51-40-10-5-16-50-45(40)53/h3-4,7-9,11,21-25,33,40,42,51H,5-6,10,12-20,27-28H2,1H3,(H,50,53)/t40-,42-/m0/s1. The number of piperidine rings is 2. The zero-order valence-corrected chi connectivity index (χ0v) is 32.5. The van der Waals surface area contributed by atoms with Gasteiger partial charge in [0.15, 0.2) is 5.69 Å². The van der Waals surface area contributed by atoms with Gasteiger partial charge < -0.3 is 29.7 Å². The van der Waals surface area contributed by atoms with Crippen LogP contribution in [0.5, 0.6) is 17.2 Å². The Kier molecular flexibility index (Phi) is 12.7. The van der Waals surface area contributed by atoms with Gasteiger partial charge in [0.2, 0.25) is 5.91 Å². The van der Waals surface area contributed by atoms with E-state index in [0.717, 1.165) is 85.3 Å². The first-order valence-corrected chi connectivity index (χ1v) is 19.9. The van der Waals surface area contributed by atoms with E-state index < -0.39 is 6.17 Å². The molecule has 7 rings (SSSR count). The molecule has 2 aliphatic heterocycles. The third-order valence-electron chi connectivity index (χ3n) is 11.0. The minimum atomic E-state index is -0.662. The van der Waals surface area contributed by atoms with E-state index >= 15 is 0 Å². The Bertz CT molecular complexity index is 2110. The van der Waals surface area contributed by atoms with Crippen LogP contribution in [0.3, 0.4) is 0 Å². The predicted octanol–water partition coefficient (Wildman–Crippen LogP) is 8.95. The fourth-order valence-corrected chi connectivity index (χ4v) is 8.22. The van der Waals surface area contributed by atoms with Crippen LogP contribution in [0, 0.1) is 24.8 Å². The normalized spacial score (nSPS) is 18.4. The fraction of sp³-hybridized carbons (Fsp3) is 0.400. The summed E-state index contributed by atoms with van der Waals surface area (Å²) in [7, 11) is 0. The van der Waals surface area contributed by atoms with Gasteiger partial charge in [-0.15, -0.1) is 0 Å². The highest BCUT2D eigenvalue weighted by molar-refractivity contribution is 6.32. The summed E-state index contributed by atoms with van der Waals surface area (Å²) in [6.45, 7) is 13.8. The highest BCUT2D eigenvalue weighted by Gasteiger charge is 2.29. The van der Waals surface area contributed by atoms with Crippen molar-refractivity contribution in [2.24, 2.45) is 0 Å². The molecule has 4 aromatic rings. The van der Waals surface area contributed by atoms with Gasteiger partial charge in [0.05, 0.1) is 30.3 Å². The number of benzene rings is 4. The van der Waals surface area contributed by atoms with Crippen LogP contribution >= 0.6 is 11.6 Å². The van der Waals surface area contributed by atoms with Crippen LogP contribution < -0.4 is 24.8 Å². The van der Waals surface area contributed by atoms with Gasteiger partial charge in [-0.2, -0.15) is 5.26 Å². The third kappa shape index (κ3) is 9.28. The van der Waals surface area contributed by atoms with Crippen molar-refractivity contribution in [1.82, 2.24) is 15.5 Å².